The Morgan fingerprint density at radius 2 is 2.04 bits per heavy atom. The summed E-state index contributed by atoms with van der Waals surface area (Å²) in [5.41, 5.74) is 1.21. The van der Waals surface area contributed by atoms with Gasteiger partial charge in [-0.3, -0.25) is 4.90 Å². The van der Waals surface area contributed by atoms with Gasteiger partial charge in [0.25, 0.3) is 0 Å². The highest BCUT2D eigenvalue weighted by Crippen LogP contribution is 2.38. The predicted octanol–water partition coefficient (Wildman–Crippen LogP) is 2.05. The van der Waals surface area contributed by atoms with E-state index in [1.54, 1.807) is 0 Å². The second kappa shape index (κ2) is 6.86. The van der Waals surface area contributed by atoms with Gasteiger partial charge < -0.3 is 19.9 Å². The van der Waals surface area contributed by atoms with Gasteiger partial charge in [0.15, 0.2) is 5.79 Å². The summed E-state index contributed by atoms with van der Waals surface area (Å²) in [5.74, 6) is -0.535. The first-order valence-electron chi connectivity index (χ1n) is 8.09. The van der Waals surface area contributed by atoms with Gasteiger partial charge >= 0.3 is 6.09 Å². The molecule has 3 rings (SSSR count). The molecule has 2 atom stereocenters. The highest BCUT2D eigenvalue weighted by Gasteiger charge is 2.46. The fraction of sp³-hybridized carbons (Fsp3) is 0.588. The van der Waals surface area contributed by atoms with E-state index in [0.29, 0.717) is 19.6 Å². The van der Waals surface area contributed by atoms with Crippen LogP contribution in [0.1, 0.15) is 24.8 Å². The summed E-state index contributed by atoms with van der Waals surface area (Å²) in [6, 6.07) is 10.1. The van der Waals surface area contributed by atoms with Crippen LogP contribution >= 0.6 is 0 Å². The molecule has 6 nitrogen and oxygen atoms in total. The summed E-state index contributed by atoms with van der Waals surface area (Å²) in [5, 5.41) is 11.8. The molecule has 1 aromatic carbocycles. The van der Waals surface area contributed by atoms with E-state index in [4.69, 9.17) is 14.6 Å². The Bertz CT molecular complexity index is 531. The summed E-state index contributed by atoms with van der Waals surface area (Å²) in [6.07, 6.45) is 1.16. The molecule has 1 heterocycles. The van der Waals surface area contributed by atoms with Crippen LogP contribution < -0.4 is 5.32 Å². The maximum absolute atomic E-state index is 11.1. The Hall–Kier alpha value is -1.63. The zero-order valence-corrected chi connectivity index (χ0v) is 13.4. The fourth-order valence-corrected chi connectivity index (χ4v) is 3.67. The first kappa shape index (κ1) is 16.2. The van der Waals surface area contributed by atoms with Crippen LogP contribution in [0.4, 0.5) is 4.79 Å². The minimum absolute atomic E-state index is 0.0400. The van der Waals surface area contributed by atoms with Crippen molar-refractivity contribution in [3.63, 3.8) is 0 Å². The first-order valence-corrected chi connectivity index (χ1v) is 8.09. The lowest BCUT2D eigenvalue weighted by Crippen LogP contribution is -2.57. The zero-order chi connectivity index (χ0) is 16.3. The largest absolute Gasteiger partial charge is 0.465 e. The molecule has 1 aromatic rings. The van der Waals surface area contributed by atoms with Crippen LogP contribution in [-0.2, 0) is 16.0 Å². The number of amides is 1. The zero-order valence-electron chi connectivity index (χ0n) is 13.4. The Balaban J connectivity index is 1.73. The lowest BCUT2D eigenvalue weighted by Gasteiger charge is -2.44. The monoisotopic (exact) mass is 320 g/mol. The number of carboxylic acid groups (broad SMARTS) is 1. The maximum atomic E-state index is 11.1. The molecule has 6 heteroatoms. The number of ether oxygens (including phenoxy) is 2. The van der Waals surface area contributed by atoms with E-state index in [0.717, 1.165) is 19.4 Å². The Morgan fingerprint density at radius 3 is 2.70 bits per heavy atom. The van der Waals surface area contributed by atoms with Crippen molar-refractivity contribution < 1.29 is 19.4 Å². The molecular formula is C17H24N2O4. The number of hydrogen-bond acceptors (Lipinski definition) is 4. The third kappa shape index (κ3) is 3.83. The summed E-state index contributed by atoms with van der Waals surface area (Å²) in [4.78, 5) is 13.3. The van der Waals surface area contributed by atoms with Crippen molar-refractivity contribution >= 4 is 6.09 Å². The van der Waals surface area contributed by atoms with Crippen LogP contribution in [0.3, 0.4) is 0 Å². The van der Waals surface area contributed by atoms with Crippen molar-refractivity contribution in [1.29, 1.82) is 0 Å². The molecule has 0 aromatic heterocycles. The quantitative estimate of drug-likeness (QED) is 0.888. The van der Waals surface area contributed by atoms with E-state index in [1.165, 1.54) is 5.56 Å². The average Bonchev–Trinajstić information content (AvgIpc) is 2.98. The molecule has 2 N–H and O–H groups in total. The van der Waals surface area contributed by atoms with Crippen molar-refractivity contribution in [2.75, 3.05) is 20.3 Å². The van der Waals surface area contributed by atoms with Crippen molar-refractivity contribution in [2.45, 2.75) is 43.7 Å². The molecule has 2 aliphatic rings. The highest BCUT2D eigenvalue weighted by atomic mass is 16.7. The summed E-state index contributed by atoms with van der Waals surface area (Å²) >= 11 is 0. The molecule has 1 amide bonds. The van der Waals surface area contributed by atoms with Crippen LogP contribution in [0.2, 0.25) is 0 Å². The number of nitrogens with zero attached hydrogens (tertiary/aromatic N) is 1. The lowest BCUT2D eigenvalue weighted by molar-refractivity contribution is -0.192. The third-order valence-corrected chi connectivity index (χ3v) is 4.78. The van der Waals surface area contributed by atoms with E-state index in [1.807, 2.05) is 25.2 Å². The molecule has 1 aliphatic heterocycles. The number of likely N-dealkylation sites (N-methyl/N-ethyl adjacent to an activating group) is 1. The fourth-order valence-electron chi connectivity index (χ4n) is 3.67. The SMILES string of the molecule is CN(Cc1ccccc1)[C@H]1CC2(CC[C@@H]1NC(=O)O)OCCO2. The molecule has 23 heavy (non-hydrogen) atoms. The minimum atomic E-state index is -0.975. The van der Waals surface area contributed by atoms with E-state index < -0.39 is 11.9 Å². The van der Waals surface area contributed by atoms with Gasteiger partial charge in [-0.15, -0.1) is 0 Å². The first-order chi connectivity index (χ1) is 11.1. The Kier molecular flexibility index (Phi) is 4.84. The van der Waals surface area contributed by atoms with Gasteiger partial charge in [0, 0.05) is 31.5 Å². The topological polar surface area (TPSA) is 71.0 Å². The lowest BCUT2D eigenvalue weighted by atomic mass is 9.84. The van der Waals surface area contributed by atoms with Crippen molar-refractivity contribution in [2.24, 2.45) is 0 Å². The van der Waals surface area contributed by atoms with E-state index in [2.05, 4.69) is 22.3 Å². The number of benzene rings is 1. The summed E-state index contributed by atoms with van der Waals surface area (Å²) in [6.45, 7) is 2.00. The van der Waals surface area contributed by atoms with Gasteiger partial charge in [-0.2, -0.15) is 0 Å². The van der Waals surface area contributed by atoms with E-state index in [9.17, 15) is 4.79 Å². The number of hydrogen-bond donors (Lipinski definition) is 2. The summed E-state index contributed by atoms with van der Waals surface area (Å²) in [7, 11) is 2.03. The Labute approximate surface area is 136 Å². The van der Waals surface area contributed by atoms with Crippen LogP contribution in [0.15, 0.2) is 30.3 Å². The van der Waals surface area contributed by atoms with Crippen molar-refractivity contribution in [3.8, 4) is 0 Å². The van der Waals surface area contributed by atoms with Gasteiger partial charge in [-0.05, 0) is 19.0 Å². The van der Waals surface area contributed by atoms with Crippen molar-refractivity contribution in [1.82, 2.24) is 10.2 Å². The number of nitrogens with one attached hydrogen (secondary N) is 1. The molecule has 1 aliphatic carbocycles. The normalized spacial score (nSPS) is 26.5. The maximum Gasteiger partial charge on any atom is 0.404 e. The van der Waals surface area contributed by atoms with Gasteiger partial charge in [0.2, 0.25) is 0 Å². The number of rotatable bonds is 4. The molecule has 126 valence electrons. The van der Waals surface area contributed by atoms with Gasteiger partial charge in [0.1, 0.15) is 0 Å². The molecule has 0 radical (unpaired) electrons. The standard InChI is InChI=1S/C17H24N2O4/c1-19(12-13-5-3-2-4-6-13)15-11-17(22-9-10-23-17)8-7-14(15)18-16(20)21/h2-6,14-15,18H,7-12H2,1H3,(H,20,21)/t14-,15-/m0/s1. The molecule has 0 unspecified atom stereocenters. The molecule has 2 fully saturated rings. The van der Waals surface area contributed by atoms with Gasteiger partial charge in [-0.1, -0.05) is 30.3 Å². The molecule has 0 bridgehead atoms. The minimum Gasteiger partial charge on any atom is -0.465 e. The molecule has 1 spiro atoms. The second-order valence-electron chi connectivity index (χ2n) is 6.37. The van der Waals surface area contributed by atoms with E-state index >= 15 is 0 Å². The average molecular weight is 320 g/mol. The van der Waals surface area contributed by atoms with Crippen LogP contribution in [-0.4, -0.2) is 54.2 Å². The van der Waals surface area contributed by atoms with E-state index in [-0.39, 0.29) is 12.1 Å². The van der Waals surface area contributed by atoms with Crippen LogP contribution in [0.5, 0.6) is 0 Å². The van der Waals surface area contributed by atoms with Gasteiger partial charge in [0.05, 0.1) is 13.2 Å². The second-order valence-corrected chi connectivity index (χ2v) is 6.37. The third-order valence-electron chi connectivity index (χ3n) is 4.78. The highest BCUT2D eigenvalue weighted by molar-refractivity contribution is 5.65. The predicted molar refractivity (Wildman–Crippen MR) is 85.1 cm³/mol. The van der Waals surface area contributed by atoms with Crippen LogP contribution in [0.25, 0.3) is 0 Å². The molecule has 1 saturated heterocycles. The Morgan fingerprint density at radius 1 is 1.35 bits per heavy atom. The van der Waals surface area contributed by atoms with Crippen LogP contribution in [0, 0.1) is 0 Å². The van der Waals surface area contributed by atoms with Gasteiger partial charge in [-0.25, -0.2) is 4.79 Å². The molecular weight excluding hydrogens is 296 g/mol. The van der Waals surface area contributed by atoms with Crippen molar-refractivity contribution in [3.05, 3.63) is 35.9 Å². The number of carbonyl (C=O) groups is 1. The molecule has 1 saturated carbocycles. The smallest absolute Gasteiger partial charge is 0.404 e. The summed E-state index contributed by atoms with van der Waals surface area (Å²) < 4.78 is 11.7.